The van der Waals surface area contributed by atoms with Crippen LogP contribution in [-0.4, -0.2) is 72.3 Å². The third kappa shape index (κ3) is 17.5. The Balaban J connectivity index is 1.91. The van der Waals surface area contributed by atoms with Crippen LogP contribution in [0.5, 0.6) is 0 Å². The van der Waals surface area contributed by atoms with Crippen molar-refractivity contribution in [3.8, 4) is 0 Å². The SMILES string of the molecule is CCCC(=O)OC(CN(CC(C)C)NC(=O)[C@@H](NC(=O)OCc1ccccc1)C(C)CC)C(Cc1ccccc1)NC(=O)[C@@H](NC(=O)OCc1ccccc1)C(C)CC. The summed E-state index contributed by atoms with van der Waals surface area (Å²) in [5.74, 6) is -1.87. The van der Waals surface area contributed by atoms with Crippen LogP contribution in [0.3, 0.4) is 0 Å². The summed E-state index contributed by atoms with van der Waals surface area (Å²) in [5, 5.41) is 10.3. The second kappa shape index (κ2) is 25.8. The molecule has 0 aliphatic rings. The summed E-state index contributed by atoms with van der Waals surface area (Å²) in [6.45, 7) is 13.9. The minimum Gasteiger partial charge on any atom is -0.459 e. The van der Waals surface area contributed by atoms with E-state index in [4.69, 9.17) is 14.2 Å². The van der Waals surface area contributed by atoms with Crippen molar-refractivity contribution < 1.29 is 38.2 Å². The predicted octanol–water partition coefficient (Wildman–Crippen LogP) is 7.10. The van der Waals surface area contributed by atoms with Crippen molar-refractivity contribution in [1.29, 1.82) is 0 Å². The molecule has 3 rings (SSSR count). The van der Waals surface area contributed by atoms with Gasteiger partial charge >= 0.3 is 18.2 Å². The van der Waals surface area contributed by atoms with Gasteiger partial charge in [-0.1, -0.05) is 152 Å². The molecule has 4 amide bonds. The van der Waals surface area contributed by atoms with Crippen LogP contribution in [-0.2, 0) is 48.2 Å². The predicted molar refractivity (Wildman–Crippen MR) is 227 cm³/mol. The van der Waals surface area contributed by atoms with Gasteiger partial charge in [0.05, 0.1) is 12.6 Å². The van der Waals surface area contributed by atoms with E-state index in [1.807, 2.05) is 139 Å². The monoisotopic (exact) mass is 815 g/mol. The largest absolute Gasteiger partial charge is 0.459 e. The molecule has 4 unspecified atom stereocenters. The molecule has 322 valence electrons. The number of hydrazine groups is 1. The fraction of sp³-hybridized carbons (Fsp3) is 0.500. The first-order chi connectivity index (χ1) is 28.3. The first kappa shape index (κ1) is 47.9. The molecule has 0 spiro atoms. The van der Waals surface area contributed by atoms with Crippen LogP contribution < -0.4 is 21.4 Å². The topological polar surface area (TPSA) is 164 Å². The summed E-state index contributed by atoms with van der Waals surface area (Å²) in [7, 11) is 0. The minimum atomic E-state index is -0.968. The first-order valence-electron chi connectivity index (χ1n) is 20.9. The molecule has 3 aromatic rings. The lowest BCUT2D eigenvalue weighted by molar-refractivity contribution is -0.154. The summed E-state index contributed by atoms with van der Waals surface area (Å²) in [5.41, 5.74) is 5.49. The summed E-state index contributed by atoms with van der Waals surface area (Å²) >= 11 is 0. The highest BCUT2D eigenvalue weighted by Crippen LogP contribution is 2.17. The normalized spacial score (nSPS) is 14.2. The van der Waals surface area contributed by atoms with Gasteiger partial charge in [-0.3, -0.25) is 19.8 Å². The fourth-order valence-corrected chi connectivity index (χ4v) is 6.33. The Kier molecular flexibility index (Phi) is 21.0. The van der Waals surface area contributed by atoms with E-state index in [-0.39, 0.29) is 50.4 Å². The second-order valence-corrected chi connectivity index (χ2v) is 15.5. The molecule has 4 N–H and O–H groups in total. The maximum atomic E-state index is 14.3. The van der Waals surface area contributed by atoms with Crippen molar-refractivity contribution in [2.45, 2.75) is 118 Å². The van der Waals surface area contributed by atoms with Crippen molar-refractivity contribution in [1.82, 2.24) is 26.4 Å². The van der Waals surface area contributed by atoms with E-state index in [9.17, 15) is 24.0 Å². The molecule has 3 aromatic carbocycles. The lowest BCUT2D eigenvalue weighted by Crippen LogP contribution is -2.60. The molecule has 0 radical (unpaired) electrons. The van der Waals surface area contributed by atoms with E-state index in [1.165, 1.54) is 0 Å². The zero-order valence-electron chi connectivity index (χ0n) is 35.8. The quantitative estimate of drug-likeness (QED) is 0.0420. The number of ether oxygens (including phenoxy) is 3. The molecule has 13 nitrogen and oxygen atoms in total. The van der Waals surface area contributed by atoms with Gasteiger partial charge in [0.25, 0.3) is 5.91 Å². The van der Waals surface area contributed by atoms with Crippen molar-refractivity contribution in [2.75, 3.05) is 13.1 Å². The molecule has 59 heavy (non-hydrogen) atoms. The number of carbonyl (C=O) groups excluding carboxylic acids is 5. The van der Waals surface area contributed by atoms with E-state index >= 15 is 0 Å². The van der Waals surface area contributed by atoms with Gasteiger partial charge in [0, 0.05) is 13.0 Å². The Labute approximate surface area is 350 Å². The molecular weight excluding hydrogens is 751 g/mol. The summed E-state index contributed by atoms with van der Waals surface area (Å²) in [6.07, 6.45) is -0.282. The number of alkyl carbamates (subject to hydrolysis) is 2. The molecule has 13 heteroatoms. The number of amides is 4. The van der Waals surface area contributed by atoms with Gasteiger partial charge in [-0.2, -0.15) is 0 Å². The highest BCUT2D eigenvalue weighted by Gasteiger charge is 2.35. The van der Waals surface area contributed by atoms with Gasteiger partial charge < -0.3 is 30.2 Å². The first-order valence-corrected chi connectivity index (χ1v) is 20.9. The molecule has 0 aliphatic heterocycles. The average molecular weight is 816 g/mol. The van der Waals surface area contributed by atoms with Crippen LogP contribution >= 0.6 is 0 Å². The minimum absolute atomic E-state index is 0.00335. The Morgan fingerprint density at radius 1 is 0.593 bits per heavy atom. The van der Waals surface area contributed by atoms with Gasteiger partial charge in [0.2, 0.25) is 5.91 Å². The Morgan fingerprint density at radius 3 is 1.49 bits per heavy atom. The zero-order chi connectivity index (χ0) is 43.2. The van der Waals surface area contributed by atoms with Crippen LogP contribution in [0, 0.1) is 17.8 Å². The molecule has 0 aliphatic carbocycles. The molecule has 0 saturated carbocycles. The van der Waals surface area contributed by atoms with Gasteiger partial charge in [0.15, 0.2) is 0 Å². The van der Waals surface area contributed by atoms with Gasteiger partial charge in [0.1, 0.15) is 31.4 Å². The maximum Gasteiger partial charge on any atom is 0.408 e. The van der Waals surface area contributed by atoms with Gasteiger partial charge in [-0.15, -0.1) is 0 Å². The van der Waals surface area contributed by atoms with E-state index in [0.29, 0.717) is 25.8 Å². The molecule has 6 atom stereocenters. The number of nitrogens with zero attached hydrogens (tertiary/aromatic N) is 1. The van der Waals surface area contributed by atoms with Gasteiger partial charge in [-0.25, -0.2) is 14.6 Å². The van der Waals surface area contributed by atoms with Crippen LogP contribution in [0.1, 0.15) is 90.8 Å². The van der Waals surface area contributed by atoms with Crippen molar-refractivity contribution in [2.24, 2.45) is 17.8 Å². The Morgan fingerprint density at radius 2 is 1.05 bits per heavy atom. The van der Waals surface area contributed by atoms with E-state index in [2.05, 4.69) is 21.4 Å². The molecular formula is C46H65N5O8. The van der Waals surface area contributed by atoms with Crippen molar-refractivity contribution >= 4 is 30.0 Å². The highest BCUT2D eigenvalue weighted by atomic mass is 16.6. The summed E-state index contributed by atoms with van der Waals surface area (Å²) in [6, 6.07) is 25.3. The number of hydrogen-bond donors (Lipinski definition) is 4. The number of rotatable bonds is 24. The third-order valence-corrected chi connectivity index (χ3v) is 10.0. The summed E-state index contributed by atoms with van der Waals surface area (Å²) in [4.78, 5) is 67.7. The highest BCUT2D eigenvalue weighted by molar-refractivity contribution is 5.86. The van der Waals surface area contributed by atoms with Crippen molar-refractivity contribution in [3.05, 3.63) is 108 Å². The van der Waals surface area contributed by atoms with Crippen LogP contribution in [0.25, 0.3) is 0 Å². The number of carbonyl (C=O) groups is 5. The molecule has 0 heterocycles. The second-order valence-electron chi connectivity index (χ2n) is 15.5. The lowest BCUT2D eigenvalue weighted by atomic mass is 9.96. The average Bonchev–Trinajstić information content (AvgIpc) is 3.23. The number of benzene rings is 3. The maximum absolute atomic E-state index is 14.3. The van der Waals surface area contributed by atoms with Crippen LogP contribution in [0.2, 0.25) is 0 Å². The molecule has 0 saturated heterocycles. The lowest BCUT2D eigenvalue weighted by Gasteiger charge is -2.35. The smallest absolute Gasteiger partial charge is 0.408 e. The standard InChI is InChI=1S/C46H65N5O8/c1-8-20-40(52)59-39(29-51(28-32(4)5)50-44(54)42(34(7)10-3)49-46(56)58-31-37-25-18-13-19-26-37)38(27-35-21-14-11-15-22-35)47-43(53)41(33(6)9-2)48-45(55)57-30-36-23-16-12-17-24-36/h11-19,21-26,32-34,38-39,41-42H,8-10,20,27-31H2,1-7H3,(H,47,53)(H,48,55)(H,49,56)(H,50,54)/t33?,34?,38?,39?,41-,42-/m0/s1. The summed E-state index contributed by atoms with van der Waals surface area (Å²) < 4.78 is 17.1. The number of hydrogen-bond acceptors (Lipinski definition) is 9. The molecule has 0 bridgehead atoms. The van der Waals surface area contributed by atoms with Gasteiger partial charge in [-0.05, 0) is 47.3 Å². The van der Waals surface area contributed by atoms with E-state index in [0.717, 1.165) is 16.7 Å². The fourth-order valence-electron chi connectivity index (χ4n) is 6.33. The molecule has 0 aromatic heterocycles. The Bertz CT molecular complexity index is 1710. The van der Waals surface area contributed by atoms with Crippen LogP contribution in [0.15, 0.2) is 91.0 Å². The van der Waals surface area contributed by atoms with E-state index < -0.39 is 54.2 Å². The Hall–Kier alpha value is -5.43. The number of nitrogens with one attached hydrogen (secondary N) is 4. The zero-order valence-corrected chi connectivity index (χ0v) is 35.8. The van der Waals surface area contributed by atoms with E-state index in [1.54, 1.807) is 5.01 Å². The number of esters is 1. The van der Waals surface area contributed by atoms with Crippen LogP contribution in [0.4, 0.5) is 9.59 Å². The van der Waals surface area contributed by atoms with Crippen molar-refractivity contribution in [3.63, 3.8) is 0 Å². The third-order valence-electron chi connectivity index (χ3n) is 10.0. The molecule has 0 fully saturated rings.